The average Bonchev–Trinajstić information content (AvgIpc) is 2.95. The van der Waals surface area contributed by atoms with Crippen LogP contribution in [0.4, 0.5) is 5.69 Å². The van der Waals surface area contributed by atoms with E-state index in [1.807, 2.05) is 6.92 Å². The molecule has 1 aromatic carbocycles. The first kappa shape index (κ1) is 23.7. The predicted molar refractivity (Wildman–Crippen MR) is 140 cm³/mol. The molecule has 0 saturated heterocycles. The first-order chi connectivity index (χ1) is 16.0. The fourth-order valence-corrected chi connectivity index (χ4v) is 8.19. The molecule has 2 fully saturated rings. The van der Waals surface area contributed by atoms with Crippen molar-refractivity contribution in [1.82, 2.24) is 0 Å². The van der Waals surface area contributed by atoms with Crippen molar-refractivity contribution in [3.8, 4) is 11.8 Å². The Balaban J connectivity index is 1.70. The summed E-state index contributed by atoms with van der Waals surface area (Å²) >= 11 is 0. The standard InChI is InChI=1S/C31H41NO2/c1-7-16-31(34)29(2,3)19-27-25-14-10-21-17-23(33)13-15-24(21)28(25)26(18-30(27,31)4)20-8-11-22(12-9-20)32(5)6/h8-9,11-12,17,23,25-27,33-34H,10,13-15,18-19H2,1-6H3/t23?,25-,26+,27-,30-,31-/m0/s1. The van der Waals surface area contributed by atoms with Gasteiger partial charge in [-0.2, -0.15) is 0 Å². The first-order valence-electron chi connectivity index (χ1n) is 13.1. The van der Waals surface area contributed by atoms with Crippen LogP contribution >= 0.6 is 0 Å². The molecule has 0 aliphatic heterocycles. The number of benzene rings is 1. The maximum Gasteiger partial charge on any atom is 0.136 e. The topological polar surface area (TPSA) is 43.7 Å². The van der Waals surface area contributed by atoms with Gasteiger partial charge >= 0.3 is 0 Å². The molecule has 34 heavy (non-hydrogen) atoms. The van der Waals surface area contributed by atoms with Crippen LogP contribution in [0.25, 0.3) is 0 Å². The minimum atomic E-state index is -1.00. The van der Waals surface area contributed by atoms with Crippen LogP contribution in [0, 0.1) is 34.5 Å². The maximum atomic E-state index is 12.3. The Morgan fingerprint density at radius 1 is 1.00 bits per heavy atom. The zero-order chi connectivity index (χ0) is 24.5. The number of anilines is 1. The van der Waals surface area contributed by atoms with Crippen molar-refractivity contribution >= 4 is 5.69 Å². The van der Waals surface area contributed by atoms with Crippen molar-refractivity contribution in [3.05, 3.63) is 52.6 Å². The smallest absolute Gasteiger partial charge is 0.136 e. The molecule has 182 valence electrons. The van der Waals surface area contributed by atoms with Crippen molar-refractivity contribution in [1.29, 1.82) is 0 Å². The van der Waals surface area contributed by atoms with Gasteiger partial charge in [0.25, 0.3) is 0 Å². The Labute approximate surface area is 205 Å². The van der Waals surface area contributed by atoms with Gasteiger partial charge in [-0.3, -0.25) is 0 Å². The fourth-order valence-electron chi connectivity index (χ4n) is 8.19. The van der Waals surface area contributed by atoms with Crippen LogP contribution in [0.2, 0.25) is 0 Å². The van der Waals surface area contributed by atoms with E-state index >= 15 is 0 Å². The third-order valence-corrected chi connectivity index (χ3v) is 9.91. The highest BCUT2D eigenvalue weighted by atomic mass is 16.3. The second-order valence-electron chi connectivity index (χ2n) is 12.3. The van der Waals surface area contributed by atoms with E-state index < -0.39 is 5.60 Å². The Morgan fingerprint density at radius 3 is 2.35 bits per heavy atom. The molecule has 2 N–H and O–H groups in total. The molecule has 0 spiro atoms. The van der Waals surface area contributed by atoms with E-state index in [-0.39, 0.29) is 22.9 Å². The van der Waals surface area contributed by atoms with E-state index in [1.54, 1.807) is 5.57 Å². The molecule has 0 radical (unpaired) electrons. The van der Waals surface area contributed by atoms with Crippen molar-refractivity contribution in [3.63, 3.8) is 0 Å². The zero-order valence-corrected chi connectivity index (χ0v) is 21.8. The van der Waals surface area contributed by atoms with Gasteiger partial charge in [0.05, 0.1) is 6.10 Å². The third kappa shape index (κ3) is 3.25. The van der Waals surface area contributed by atoms with Crippen molar-refractivity contribution in [2.45, 2.75) is 83.8 Å². The van der Waals surface area contributed by atoms with Crippen LogP contribution < -0.4 is 4.90 Å². The Morgan fingerprint density at radius 2 is 1.71 bits per heavy atom. The normalized spacial score (nSPS) is 38.2. The first-order valence-corrected chi connectivity index (χ1v) is 13.1. The minimum absolute atomic E-state index is 0.256. The fraction of sp³-hybridized carbons (Fsp3) is 0.613. The lowest BCUT2D eigenvalue weighted by Gasteiger charge is -2.54. The molecular weight excluding hydrogens is 418 g/mol. The molecule has 5 rings (SSSR count). The number of rotatable bonds is 2. The second kappa shape index (κ2) is 8.00. The average molecular weight is 460 g/mol. The van der Waals surface area contributed by atoms with E-state index in [2.05, 4.69) is 81.9 Å². The minimum Gasteiger partial charge on any atom is -0.389 e. The van der Waals surface area contributed by atoms with Crippen molar-refractivity contribution in [2.75, 3.05) is 19.0 Å². The van der Waals surface area contributed by atoms with Crippen LogP contribution in [-0.4, -0.2) is 36.0 Å². The molecule has 1 unspecified atom stereocenters. The molecule has 0 amide bonds. The van der Waals surface area contributed by atoms with Crippen molar-refractivity contribution < 1.29 is 10.2 Å². The Bertz CT molecular complexity index is 1100. The van der Waals surface area contributed by atoms with Gasteiger partial charge in [-0.1, -0.05) is 50.5 Å². The van der Waals surface area contributed by atoms with E-state index in [0.29, 0.717) is 11.8 Å². The van der Waals surface area contributed by atoms with Gasteiger partial charge in [-0.25, -0.2) is 0 Å². The van der Waals surface area contributed by atoms with Gasteiger partial charge < -0.3 is 15.1 Å². The summed E-state index contributed by atoms with van der Waals surface area (Å²) in [7, 11) is 4.16. The number of nitrogens with zero attached hydrogens (tertiary/aromatic N) is 1. The van der Waals surface area contributed by atoms with Crippen LogP contribution in [0.5, 0.6) is 0 Å². The molecule has 0 aromatic heterocycles. The predicted octanol–water partition coefficient (Wildman–Crippen LogP) is 5.83. The molecule has 4 aliphatic carbocycles. The SMILES string of the molecule is CC#C[C@]1(O)C(C)(C)C[C@H]2[C@@H]3CCC4=CC(O)CCC4=C3[C@@H](c3ccc(N(C)C)cc3)C[C@@]21C. The molecule has 3 heteroatoms. The number of hydrogen-bond acceptors (Lipinski definition) is 3. The van der Waals surface area contributed by atoms with Crippen molar-refractivity contribution in [2.24, 2.45) is 22.7 Å². The molecular formula is C31H41NO2. The Hall–Kier alpha value is -2.02. The molecule has 1 aromatic rings. The van der Waals surface area contributed by atoms with E-state index in [0.717, 1.165) is 38.5 Å². The lowest BCUT2D eigenvalue weighted by Crippen LogP contribution is -2.54. The highest BCUT2D eigenvalue weighted by Gasteiger charge is 2.69. The summed E-state index contributed by atoms with van der Waals surface area (Å²) in [4.78, 5) is 2.14. The van der Waals surface area contributed by atoms with Crippen LogP contribution in [0.1, 0.15) is 77.7 Å². The lowest BCUT2D eigenvalue weighted by molar-refractivity contribution is -0.0923. The van der Waals surface area contributed by atoms with Crippen LogP contribution in [-0.2, 0) is 0 Å². The van der Waals surface area contributed by atoms with Gasteiger partial charge in [0, 0.05) is 36.5 Å². The van der Waals surface area contributed by atoms with E-state index in [1.165, 1.54) is 22.4 Å². The molecule has 3 nitrogen and oxygen atoms in total. The van der Waals surface area contributed by atoms with Gasteiger partial charge in [0.15, 0.2) is 0 Å². The molecule has 4 aliphatic rings. The quantitative estimate of drug-likeness (QED) is 0.547. The molecule has 0 heterocycles. The summed E-state index contributed by atoms with van der Waals surface area (Å²) < 4.78 is 0. The summed E-state index contributed by atoms with van der Waals surface area (Å²) in [5, 5.41) is 22.6. The van der Waals surface area contributed by atoms with Gasteiger partial charge in [-0.15, -0.1) is 5.92 Å². The monoisotopic (exact) mass is 459 g/mol. The molecule has 0 bridgehead atoms. The Kier molecular flexibility index (Phi) is 5.58. The number of aliphatic hydroxyl groups excluding tert-OH is 1. The van der Waals surface area contributed by atoms with Gasteiger partial charge in [0.1, 0.15) is 5.60 Å². The number of hydrogen-bond donors (Lipinski definition) is 2. The largest absolute Gasteiger partial charge is 0.389 e. The molecule has 2 saturated carbocycles. The third-order valence-electron chi connectivity index (χ3n) is 9.91. The molecule has 6 atom stereocenters. The van der Waals surface area contributed by atoms with E-state index in [4.69, 9.17) is 0 Å². The maximum absolute atomic E-state index is 12.3. The summed E-state index contributed by atoms with van der Waals surface area (Å²) in [5.74, 6) is 7.61. The number of fused-ring (bicyclic) bond motifs is 4. The second-order valence-corrected chi connectivity index (χ2v) is 12.3. The van der Waals surface area contributed by atoms with E-state index in [9.17, 15) is 10.2 Å². The van der Waals surface area contributed by atoms with Crippen LogP contribution in [0.3, 0.4) is 0 Å². The summed E-state index contributed by atoms with van der Waals surface area (Å²) in [6.45, 7) is 8.64. The van der Waals surface area contributed by atoms with Gasteiger partial charge in [-0.05, 0) is 86.1 Å². The highest BCUT2D eigenvalue weighted by Crippen LogP contribution is 2.71. The lowest BCUT2D eigenvalue weighted by atomic mass is 9.50. The number of aliphatic hydroxyl groups is 2. The number of allylic oxidation sites excluding steroid dienone is 3. The van der Waals surface area contributed by atoms with Gasteiger partial charge in [0.2, 0.25) is 0 Å². The van der Waals surface area contributed by atoms with Crippen LogP contribution in [0.15, 0.2) is 47.1 Å². The summed E-state index contributed by atoms with van der Waals surface area (Å²) in [6.07, 6.45) is 7.67. The zero-order valence-electron chi connectivity index (χ0n) is 21.8. The summed E-state index contributed by atoms with van der Waals surface area (Å²) in [5.41, 5.74) is 5.52. The summed E-state index contributed by atoms with van der Waals surface area (Å²) in [6, 6.07) is 9.05. The highest BCUT2D eigenvalue weighted by molar-refractivity contribution is 5.52.